The van der Waals surface area contributed by atoms with E-state index in [1.807, 2.05) is 0 Å². The molecule has 0 unspecified atom stereocenters. The molecule has 0 bridgehead atoms. The van der Waals surface area contributed by atoms with Crippen LogP contribution in [0.5, 0.6) is 0 Å². The molecule has 1 saturated carbocycles. The molecule has 1 fully saturated rings. The van der Waals surface area contributed by atoms with Crippen molar-refractivity contribution in [3.05, 3.63) is 22.7 Å². The van der Waals surface area contributed by atoms with Crippen LogP contribution in [0.1, 0.15) is 31.7 Å². The Morgan fingerprint density at radius 2 is 2.18 bits per heavy atom. The first-order chi connectivity index (χ1) is 5.36. The molecular weight excluding hydrogens is 142 g/mol. The fraction of sp³-hybridized carbons (Fsp3) is 0.625. The number of rotatable bonds is 1. The molecule has 0 aromatic carbocycles. The lowest BCUT2D eigenvalue weighted by Gasteiger charge is -2.06. The summed E-state index contributed by atoms with van der Waals surface area (Å²) >= 11 is 0. The van der Waals surface area contributed by atoms with Crippen molar-refractivity contribution in [1.82, 2.24) is 4.74 Å². The Kier molecular flexibility index (Phi) is 1.56. The minimum absolute atomic E-state index is 0.239. The van der Waals surface area contributed by atoms with E-state index in [0.717, 1.165) is 12.8 Å². The maximum atomic E-state index is 10.7. The van der Waals surface area contributed by atoms with Gasteiger partial charge < -0.3 is 4.52 Å². The van der Waals surface area contributed by atoms with E-state index in [-0.39, 0.29) is 5.63 Å². The monoisotopic (exact) mass is 153 g/mol. The molecule has 3 heteroatoms. The molecule has 0 spiro atoms. The summed E-state index contributed by atoms with van der Waals surface area (Å²) in [5.74, 6) is 0. The van der Waals surface area contributed by atoms with Crippen LogP contribution in [0, 0.1) is 0 Å². The highest BCUT2D eigenvalue weighted by molar-refractivity contribution is 4.80. The zero-order valence-corrected chi connectivity index (χ0v) is 6.32. The molecule has 0 aliphatic heterocycles. The van der Waals surface area contributed by atoms with Gasteiger partial charge in [-0.2, -0.15) is 0 Å². The molecule has 0 radical (unpaired) electrons. The van der Waals surface area contributed by atoms with Crippen molar-refractivity contribution in [2.45, 2.75) is 31.7 Å². The zero-order chi connectivity index (χ0) is 7.68. The lowest BCUT2D eigenvalue weighted by Crippen LogP contribution is -2.02. The van der Waals surface area contributed by atoms with Crippen molar-refractivity contribution in [2.75, 3.05) is 0 Å². The van der Waals surface area contributed by atoms with E-state index in [0.29, 0.717) is 6.04 Å². The summed E-state index contributed by atoms with van der Waals surface area (Å²) in [6.45, 7) is 0. The van der Waals surface area contributed by atoms with Crippen LogP contribution in [0.4, 0.5) is 0 Å². The molecule has 0 N–H and O–H groups in total. The first-order valence-electron chi connectivity index (χ1n) is 4.05. The van der Waals surface area contributed by atoms with Gasteiger partial charge in [0.1, 0.15) is 0 Å². The average Bonchev–Trinajstić information content (AvgIpc) is 2.55. The molecule has 2 rings (SSSR count). The van der Waals surface area contributed by atoms with Gasteiger partial charge >= 0.3 is 5.63 Å². The van der Waals surface area contributed by atoms with Crippen molar-refractivity contribution >= 4 is 0 Å². The third-order valence-corrected chi connectivity index (χ3v) is 2.24. The van der Waals surface area contributed by atoms with Crippen molar-refractivity contribution in [2.24, 2.45) is 0 Å². The van der Waals surface area contributed by atoms with Gasteiger partial charge in [0.15, 0.2) is 0 Å². The highest BCUT2D eigenvalue weighted by Crippen LogP contribution is 2.28. The van der Waals surface area contributed by atoms with Crippen LogP contribution in [0.3, 0.4) is 0 Å². The minimum Gasteiger partial charge on any atom is -0.336 e. The molecule has 0 amide bonds. The predicted molar refractivity (Wildman–Crippen MR) is 40.5 cm³/mol. The van der Waals surface area contributed by atoms with Crippen LogP contribution < -0.4 is 5.63 Å². The summed E-state index contributed by atoms with van der Waals surface area (Å²) in [6, 6.07) is 1.91. The van der Waals surface area contributed by atoms with E-state index >= 15 is 0 Å². The van der Waals surface area contributed by atoms with Crippen molar-refractivity contribution in [3.63, 3.8) is 0 Å². The molecule has 60 valence electrons. The molecule has 1 aliphatic carbocycles. The van der Waals surface area contributed by atoms with Crippen molar-refractivity contribution in [3.8, 4) is 0 Å². The van der Waals surface area contributed by atoms with Gasteiger partial charge in [-0.25, -0.2) is 9.53 Å². The summed E-state index contributed by atoms with van der Waals surface area (Å²) in [4.78, 5) is 10.7. The highest BCUT2D eigenvalue weighted by Gasteiger charge is 2.17. The highest BCUT2D eigenvalue weighted by atomic mass is 16.5. The van der Waals surface area contributed by atoms with E-state index in [1.165, 1.54) is 18.9 Å². The first-order valence-corrected chi connectivity index (χ1v) is 4.05. The first kappa shape index (κ1) is 6.70. The molecule has 1 aromatic heterocycles. The van der Waals surface area contributed by atoms with Crippen molar-refractivity contribution < 1.29 is 4.52 Å². The van der Waals surface area contributed by atoms with Crippen LogP contribution in [0.15, 0.2) is 21.6 Å². The molecule has 11 heavy (non-hydrogen) atoms. The van der Waals surface area contributed by atoms with E-state index in [9.17, 15) is 4.79 Å². The number of hydrogen-bond acceptors (Lipinski definition) is 2. The van der Waals surface area contributed by atoms with Crippen LogP contribution >= 0.6 is 0 Å². The van der Waals surface area contributed by atoms with Gasteiger partial charge in [-0.15, -0.1) is 0 Å². The van der Waals surface area contributed by atoms with Crippen LogP contribution in [-0.4, -0.2) is 4.74 Å². The Morgan fingerprint density at radius 1 is 1.45 bits per heavy atom. The Bertz CT molecular complexity index is 280. The standard InChI is InChI=1S/C8H11NO2/c10-8-5-6-9(11-8)7-3-1-2-4-7/h5-7H,1-4H2. The fourth-order valence-electron chi connectivity index (χ4n) is 1.65. The molecule has 3 nitrogen and oxygen atoms in total. The molecular formula is C8H11NO2. The maximum absolute atomic E-state index is 10.7. The third-order valence-electron chi connectivity index (χ3n) is 2.24. The predicted octanol–water partition coefficient (Wildman–Crippen LogP) is 1.56. The SMILES string of the molecule is O=c1ccn(C2CCCC2)o1. The topological polar surface area (TPSA) is 35.1 Å². The van der Waals surface area contributed by atoms with Gasteiger partial charge in [0.2, 0.25) is 0 Å². The van der Waals surface area contributed by atoms with Crippen LogP contribution in [0.25, 0.3) is 0 Å². The number of aromatic nitrogens is 1. The summed E-state index contributed by atoms with van der Waals surface area (Å²) < 4.78 is 6.62. The summed E-state index contributed by atoms with van der Waals surface area (Å²) in [5, 5.41) is 0. The molecule has 0 saturated heterocycles. The maximum Gasteiger partial charge on any atom is 0.357 e. The second-order valence-electron chi connectivity index (χ2n) is 3.02. The second-order valence-corrected chi connectivity index (χ2v) is 3.02. The Hall–Kier alpha value is -0.990. The summed E-state index contributed by atoms with van der Waals surface area (Å²) in [5.41, 5.74) is -0.239. The van der Waals surface area contributed by atoms with Gasteiger partial charge in [-0.05, 0) is 12.8 Å². The van der Waals surface area contributed by atoms with Gasteiger partial charge in [-0.1, -0.05) is 12.8 Å². The summed E-state index contributed by atoms with van der Waals surface area (Å²) in [6.07, 6.45) is 6.55. The van der Waals surface area contributed by atoms with Gasteiger partial charge in [0.05, 0.1) is 6.04 Å². The largest absolute Gasteiger partial charge is 0.357 e. The quantitative estimate of drug-likeness (QED) is 0.613. The molecule has 1 heterocycles. The number of hydrogen-bond donors (Lipinski definition) is 0. The minimum atomic E-state index is -0.239. The average molecular weight is 153 g/mol. The molecule has 0 atom stereocenters. The van der Waals surface area contributed by atoms with E-state index in [2.05, 4.69) is 0 Å². The fourth-order valence-corrected chi connectivity index (χ4v) is 1.65. The Balaban J connectivity index is 2.21. The van der Waals surface area contributed by atoms with Crippen LogP contribution in [-0.2, 0) is 0 Å². The van der Waals surface area contributed by atoms with Gasteiger partial charge in [0, 0.05) is 12.3 Å². The van der Waals surface area contributed by atoms with Gasteiger partial charge in [0.25, 0.3) is 0 Å². The Morgan fingerprint density at radius 3 is 2.73 bits per heavy atom. The molecule has 1 aliphatic rings. The Labute approximate surface area is 64.6 Å². The van der Waals surface area contributed by atoms with Gasteiger partial charge in [-0.3, -0.25) is 0 Å². The second kappa shape index (κ2) is 2.57. The van der Waals surface area contributed by atoms with E-state index < -0.39 is 0 Å². The lowest BCUT2D eigenvalue weighted by molar-refractivity contribution is 0.206. The lowest BCUT2D eigenvalue weighted by atomic mass is 10.3. The third kappa shape index (κ3) is 1.23. The zero-order valence-electron chi connectivity index (χ0n) is 6.32. The van der Waals surface area contributed by atoms with Crippen molar-refractivity contribution in [1.29, 1.82) is 0 Å². The van der Waals surface area contributed by atoms with E-state index in [4.69, 9.17) is 4.52 Å². The number of nitrogens with zero attached hydrogens (tertiary/aromatic N) is 1. The normalized spacial score (nSPS) is 19.3. The summed E-state index contributed by atoms with van der Waals surface area (Å²) in [7, 11) is 0. The molecule has 1 aromatic rings. The van der Waals surface area contributed by atoms with E-state index in [1.54, 1.807) is 10.9 Å². The smallest absolute Gasteiger partial charge is 0.336 e. The van der Waals surface area contributed by atoms with Crippen LogP contribution in [0.2, 0.25) is 0 Å².